The second-order valence-corrected chi connectivity index (χ2v) is 5.17. The summed E-state index contributed by atoms with van der Waals surface area (Å²) in [6.45, 7) is 0. The maximum Gasteiger partial charge on any atom is 0.313 e. The summed E-state index contributed by atoms with van der Waals surface area (Å²) in [5, 5.41) is 5.34. The minimum atomic E-state index is -0.838. The van der Waals surface area contributed by atoms with Crippen molar-refractivity contribution in [2.24, 2.45) is 5.73 Å². The van der Waals surface area contributed by atoms with Crippen LogP contribution in [0.1, 0.15) is 12.8 Å². The molecule has 0 unspecified atom stereocenters. The number of primary amides is 1. The van der Waals surface area contributed by atoms with Crippen molar-refractivity contribution in [3.63, 3.8) is 0 Å². The molecule has 0 saturated heterocycles. The quantitative estimate of drug-likeness (QED) is 0.796. The molecule has 6 nitrogen and oxygen atoms in total. The maximum atomic E-state index is 12.2. The number of urea groups is 1. The van der Waals surface area contributed by atoms with Crippen molar-refractivity contribution >= 4 is 17.6 Å². The SMILES string of the molecule is NC(=O)NC1(C(=O)Nc2cccc(-n3cccc3)c2)CC1. The first-order chi connectivity index (χ1) is 10.1. The van der Waals surface area contributed by atoms with Gasteiger partial charge in [-0.1, -0.05) is 6.07 Å². The summed E-state index contributed by atoms with van der Waals surface area (Å²) in [6.07, 6.45) is 5.08. The third-order valence-corrected chi connectivity index (χ3v) is 3.55. The van der Waals surface area contributed by atoms with E-state index in [1.807, 2.05) is 53.4 Å². The number of nitrogens with zero attached hydrogens (tertiary/aromatic N) is 1. The molecule has 0 spiro atoms. The summed E-state index contributed by atoms with van der Waals surface area (Å²) in [6, 6.07) is 10.7. The molecule has 1 aliphatic carbocycles. The fourth-order valence-corrected chi connectivity index (χ4v) is 2.27. The van der Waals surface area contributed by atoms with Crippen LogP contribution in [0.5, 0.6) is 0 Å². The summed E-state index contributed by atoms with van der Waals surface area (Å²) in [4.78, 5) is 23.2. The topological polar surface area (TPSA) is 89.2 Å². The Kier molecular flexibility index (Phi) is 3.13. The van der Waals surface area contributed by atoms with Gasteiger partial charge in [0.2, 0.25) is 5.91 Å². The van der Waals surface area contributed by atoms with Crippen LogP contribution in [-0.2, 0) is 4.79 Å². The highest BCUT2D eigenvalue weighted by Crippen LogP contribution is 2.36. The van der Waals surface area contributed by atoms with E-state index in [-0.39, 0.29) is 5.91 Å². The van der Waals surface area contributed by atoms with E-state index in [1.165, 1.54) is 0 Å². The van der Waals surface area contributed by atoms with Crippen molar-refractivity contribution in [1.82, 2.24) is 9.88 Å². The highest BCUT2D eigenvalue weighted by atomic mass is 16.2. The number of rotatable bonds is 4. The number of nitrogens with two attached hydrogens (primary N) is 1. The second-order valence-electron chi connectivity index (χ2n) is 5.17. The lowest BCUT2D eigenvalue weighted by atomic mass is 10.2. The van der Waals surface area contributed by atoms with Crippen LogP contribution in [-0.4, -0.2) is 22.0 Å². The molecule has 3 rings (SSSR count). The van der Waals surface area contributed by atoms with Gasteiger partial charge in [-0.2, -0.15) is 0 Å². The molecule has 0 atom stereocenters. The summed E-state index contributed by atoms with van der Waals surface area (Å²) in [5.41, 5.74) is 5.90. The number of hydrogen-bond donors (Lipinski definition) is 3. The van der Waals surface area contributed by atoms with Crippen LogP contribution in [0.4, 0.5) is 10.5 Å². The molecule has 3 amide bonds. The molecule has 0 bridgehead atoms. The predicted molar refractivity (Wildman–Crippen MR) is 79.1 cm³/mol. The Bertz CT molecular complexity index is 675. The van der Waals surface area contributed by atoms with Crippen LogP contribution in [0.2, 0.25) is 0 Å². The molecule has 6 heteroatoms. The first-order valence-electron chi connectivity index (χ1n) is 6.72. The van der Waals surface area contributed by atoms with E-state index in [0.717, 1.165) is 5.69 Å². The smallest absolute Gasteiger partial charge is 0.313 e. The van der Waals surface area contributed by atoms with Crippen molar-refractivity contribution in [3.8, 4) is 5.69 Å². The van der Waals surface area contributed by atoms with Crippen LogP contribution < -0.4 is 16.4 Å². The van der Waals surface area contributed by atoms with E-state index in [9.17, 15) is 9.59 Å². The van der Waals surface area contributed by atoms with Gasteiger partial charge >= 0.3 is 6.03 Å². The van der Waals surface area contributed by atoms with Gasteiger partial charge in [-0.25, -0.2) is 4.79 Å². The molecule has 21 heavy (non-hydrogen) atoms. The first-order valence-corrected chi connectivity index (χ1v) is 6.72. The second kappa shape index (κ2) is 4.97. The van der Waals surface area contributed by atoms with Gasteiger partial charge in [0, 0.05) is 23.8 Å². The largest absolute Gasteiger partial charge is 0.352 e. The van der Waals surface area contributed by atoms with E-state index < -0.39 is 11.6 Å². The van der Waals surface area contributed by atoms with Crippen LogP contribution in [0.25, 0.3) is 5.69 Å². The molecule has 1 aromatic carbocycles. The lowest BCUT2D eigenvalue weighted by molar-refractivity contribution is -0.118. The molecule has 108 valence electrons. The van der Waals surface area contributed by atoms with Crippen molar-refractivity contribution in [2.75, 3.05) is 5.32 Å². The van der Waals surface area contributed by atoms with Crippen LogP contribution in [0.3, 0.4) is 0 Å². The third-order valence-electron chi connectivity index (χ3n) is 3.55. The molecule has 4 N–H and O–H groups in total. The maximum absolute atomic E-state index is 12.2. The molecule has 1 aliphatic rings. The highest BCUT2D eigenvalue weighted by Gasteiger charge is 2.51. The van der Waals surface area contributed by atoms with Gasteiger partial charge in [-0.15, -0.1) is 0 Å². The van der Waals surface area contributed by atoms with Crippen LogP contribution in [0.15, 0.2) is 48.8 Å². The van der Waals surface area contributed by atoms with Gasteiger partial charge in [0.15, 0.2) is 0 Å². The Morgan fingerprint density at radius 3 is 2.48 bits per heavy atom. The first kappa shape index (κ1) is 13.2. The zero-order chi connectivity index (χ0) is 14.9. The van der Waals surface area contributed by atoms with Crippen LogP contribution >= 0.6 is 0 Å². The lowest BCUT2D eigenvalue weighted by Crippen LogP contribution is -2.48. The lowest BCUT2D eigenvalue weighted by Gasteiger charge is -2.16. The number of carbonyl (C=O) groups is 2. The molecule has 1 saturated carbocycles. The zero-order valence-corrected chi connectivity index (χ0v) is 11.4. The number of amides is 3. The molecule has 1 heterocycles. The van der Waals surface area contributed by atoms with Gasteiger partial charge < -0.3 is 20.9 Å². The predicted octanol–water partition coefficient (Wildman–Crippen LogP) is 1.62. The molecular formula is C15H16N4O2. The van der Waals surface area contributed by atoms with Gasteiger partial charge in [-0.3, -0.25) is 4.79 Å². The van der Waals surface area contributed by atoms with Crippen molar-refractivity contribution in [1.29, 1.82) is 0 Å². The summed E-state index contributed by atoms with van der Waals surface area (Å²) in [7, 11) is 0. The molecule has 2 aromatic rings. The van der Waals surface area contributed by atoms with E-state index in [4.69, 9.17) is 5.73 Å². The Hall–Kier alpha value is -2.76. The number of anilines is 1. The standard InChI is InChI=1S/C15H16N4O2/c16-14(21)18-15(6-7-15)13(20)17-11-4-3-5-12(10-11)19-8-1-2-9-19/h1-5,8-10H,6-7H2,(H,17,20)(H3,16,18,21). The number of nitrogens with one attached hydrogen (secondary N) is 2. The normalized spacial score (nSPS) is 15.2. The summed E-state index contributed by atoms with van der Waals surface area (Å²) < 4.78 is 1.95. The molecule has 1 aromatic heterocycles. The molecular weight excluding hydrogens is 268 g/mol. The third kappa shape index (κ3) is 2.74. The number of aromatic nitrogens is 1. The average molecular weight is 284 g/mol. The molecule has 1 fully saturated rings. The summed E-state index contributed by atoms with van der Waals surface area (Å²) >= 11 is 0. The van der Waals surface area contributed by atoms with Crippen molar-refractivity contribution in [2.45, 2.75) is 18.4 Å². The number of benzene rings is 1. The Morgan fingerprint density at radius 2 is 1.86 bits per heavy atom. The fourth-order valence-electron chi connectivity index (χ4n) is 2.27. The minimum Gasteiger partial charge on any atom is -0.352 e. The van der Waals surface area contributed by atoms with Crippen LogP contribution in [0, 0.1) is 0 Å². The fraction of sp³-hybridized carbons (Fsp3) is 0.200. The number of carbonyl (C=O) groups excluding carboxylic acids is 2. The highest BCUT2D eigenvalue weighted by molar-refractivity contribution is 6.02. The van der Waals surface area contributed by atoms with E-state index in [0.29, 0.717) is 18.5 Å². The Balaban J connectivity index is 1.75. The zero-order valence-electron chi connectivity index (χ0n) is 11.4. The monoisotopic (exact) mass is 284 g/mol. The van der Waals surface area contributed by atoms with E-state index in [1.54, 1.807) is 0 Å². The van der Waals surface area contributed by atoms with Gasteiger partial charge in [0.05, 0.1) is 0 Å². The van der Waals surface area contributed by atoms with Gasteiger partial charge in [0.25, 0.3) is 0 Å². The Labute approximate surface area is 121 Å². The van der Waals surface area contributed by atoms with Gasteiger partial charge in [-0.05, 0) is 43.2 Å². The van der Waals surface area contributed by atoms with Crippen molar-refractivity contribution in [3.05, 3.63) is 48.8 Å². The van der Waals surface area contributed by atoms with Crippen molar-refractivity contribution < 1.29 is 9.59 Å². The number of hydrogen-bond acceptors (Lipinski definition) is 2. The average Bonchev–Trinajstić information content (AvgIpc) is 3.02. The molecule has 0 aliphatic heterocycles. The van der Waals surface area contributed by atoms with E-state index in [2.05, 4.69) is 10.6 Å². The summed E-state index contributed by atoms with van der Waals surface area (Å²) in [5.74, 6) is -0.231. The minimum absolute atomic E-state index is 0.231. The Morgan fingerprint density at radius 1 is 1.14 bits per heavy atom. The van der Waals surface area contributed by atoms with E-state index >= 15 is 0 Å². The molecule has 0 radical (unpaired) electrons. The van der Waals surface area contributed by atoms with Gasteiger partial charge in [0.1, 0.15) is 5.54 Å².